The minimum Gasteiger partial charge on any atom is -0.450 e. The number of amides is 1. The highest BCUT2D eigenvalue weighted by Crippen LogP contribution is 2.29. The fraction of sp³-hybridized carbons (Fsp3) is 0.333. The number of halogens is 5. The first-order valence-electron chi connectivity index (χ1n) is 6.16. The molecular weight excluding hydrogens is 427 g/mol. The average Bonchev–Trinajstić information content (AvgIpc) is 2.41. The highest BCUT2D eigenvalue weighted by molar-refractivity contribution is 7.80. The fourth-order valence-corrected chi connectivity index (χ4v) is 2.27. The van der Waals surface area contributed by atoms with Crippen LogP contribution in [0.2, 0.25) is 10.0 Å². The first-order valence-corrected chi connectivity index (χ1v) is 8.46. The molecule has 3 N–H and O–H groups in total. The summed E-state index contributed by atoms with van der Waals surface area (Å²) in [6, 6.07) is 4.79. The molecule has 0 spiro atoms. The van der Waals surface area contributed by atoms with Crippen molar-refractivity contribution in [3.8, 4) is 0 Å². The molecule has 1 aromatic carbocycles. The molecule has 11 heteroatoms. The van der Waals surface area contributed by atoms with Gasteiger partial charge in [-0.05, 0) is 37.3 Å². The molecule has 0 radical (unpaired) electrons. The summed E-state index contributed by atoms with van der Waals surface area (Å²) in [6.07, 6.45) is -1.90. The molecule has 0 bridgehead atoms. The van der Waals surface area contributed by atoms with E-state index in [1.807, 2.05) is 0 Å². The van der Waals surface area contributed by atoms with Gasteiger partial charge in [0.2, 0.25) is 3.79 Å². The van der Waals surface area contributed by atoms with E-state index >= 15 is 0 Å². The van der Waals surface area contributed by atoms with Gasteiger partial charge in [-0.3, -0.25) is 5.32 Å². The zero-order valence-electron chi connectivity index (χ0n) is 11.6. The van der Waals surface area contributed by atoms with Crippen molar-refractivity contribution in [1.82, 2.24) is 10.6 Å². The molecule has 0 aliphatic heterocycles. The smallest absolute Gasteiger partial charge is 0.408 e. The molecule has 23 heavy (non-hydrogen) atoms. The maximum absolute atomic E-state index is 11.5. The number of nitrogens with one attached hydrogen (secondary N) is 3. The van der Waals surface area contributed by atoms with Gasteiger partial charge in [0.25, 0.3) is 0 Å². The van der Waals surface area contributed by atoms with E-state index in [4.69, 9.17) is 75.0 Å². The van der Waals surface area contributed by atoms with E-state index in [9.17, 15) is 4.79 Å². The van der Waals surface area contributed by atoms with Gasteiger partial charge in [-0.15, -0.1) is 0 Å². The van der Waals surface area contributed by atoms with Crippen molar-refractivity contribution in [3.05, 3.63) is 28.2 Å². The van der Waals surface area contributed by atoms with Gasteiger partial charge in [-0.2, -0.15) is 0 Å². The average molecular weight is 440 g/mol. The number of rotatable bonds is 4. The number of alkyl halides is 3. The van der Waals surface area contributed by atoms with E-state index in [2.05, 4.69) is 16.0 Å². The quantitative estimate of drug-likeness (QED) is 0.360. The van der Waals surface area contributed by atoms with Crippen molar-refractivity contribution in [1.29, 1.82) is 0 Å². The van der Waals surface area contributed by atoms with Gasteiger partial charge in [0.05, 0.1) is 17.3 Å². The van der Waals surface area contributed by atoms with E-state index in [1.165, 1.54) is 0 Å². The number of benzene rings is 1. The van der Waals surface area contributed by atoms with Crippen LogP contribution in [-0.2, 0) is 4.74 Å². The van der Waals surface area contributed by atoms with Crippen molar-refractivity contribution in [3.63, 3.8) is 0 Å². The summed E-state index contributed by atoms with van der Waals surface area (Å²) in [4.78, 5) is 11.5. The number of anilines is 1. The standard InChI is InChI=1S/C12H12Cl5N3O2S/c1-2-22-11(21)20-9(12(15,16)17)19-10(23)18-8-5-6(13)3-4-7(8)14/h3-5,9H,2H2,1H3,(H,20,21)(H2,18,19,23)/t9-/m0/s1. The summed E-state index contributed by atoms with van der Waals surface area (Å²) < 4.78 is 2.86. The molecule has 0 aromatic heterocycles. The Hall–Kier alpha value is -0.370. The molecule has 0 unspecified atom stereocenters. The SMILES string of the molecule is CCOC(=O)N[C@H](NC(=S)Nc1cc(Cl)ccc1Cl)C(Cl)(Cl)Cl. The largest absolute Gasteiger partial charge is 0.450 e. The molecule has 0 aliphatic carbocycles. The lowest BCUT2D eigenvalue weighted by atomic mass is 10.3. The summed E-state index contributed by atoms with van der Waals surface area (Å²) >= 11 is 34.4. The number of thiocarbonyl (C=S) groups is 1. The van der Waals surface area contributed by atoms with Crippen LogP contribution >= 0.6 is 70.2 Å². The Morgan fingerprint density at radius 2 is 1.96 bits per heavy atom. The van der Waals surface area contributed by atoms with E-state index < -0.39 is 16.1 Å². The van der Waals surface area contributed by atoms with Crippen LogP contribution in [0.1, 0.15) is 6.92 Å². The predicted octanol–water partition coefficient (Wildman–Crippen LogP) is 4.72. The lowest BCUT2D eigenvalue weighted by Crippen LogP contribution is -2.56. The highest BCUT2D eigenvalue weighted by Gasteiger charge is 2.35. The summed E-state index contributed by atoms with van der Waals surface area (Å²) in [7, 11) is 0. The third kappa shape index (κ3) is 7.37. The maximum atomic E-state index is 11.5. The van der Waals surface area contributed by atoms with Crippen molar-refractivity contribution in [2.75, 3.05) is 11.9 Å². The van der Waals surface area contributed by atoms with Crippen LogP contribution in [0, 0.1) is 0 Å². The summed E-state index contributed by atoms with van der Waals surface area (Å²) in [5.74, 6) is 0. The lowest BCUT2D eigenvalue weighted by Gasteiger charge is -2.27. The first-order chi connectivity index (χ1) is 10.6. The van der Waals surface area contributed by atoms with Gasteiger partial charge in [-0.1, -0.05) is 58.0 Å². The number of ether oxygens (including phenoxy) is 1. The minimum atomic E-state index is -1.88. The minimum absolute atomic E-state index is 0.0577. The Balaban J connectivity index is 2.77. The molecule has 5 nitrogen and oxygen atoms in total. The molecule has 1 amide bonds. The molecule has 0 saturated heterocycles. The summed E-state index contributed by atoms with van der Waals surface area (Å²) in [5.41, 5.74) is 0.455. The fourth-order valence-electron chi connectivity index (χ4n) is 1.37. The predicted molar refractivity (Wildman–Crippen MR) is 100 cm³/mol. The Morgan fingerprint density at radius 3 is 2.52 bits per heavy atom. The molecule has 0 aliphatic rings. The topological polar surface area (TPSA) is 62.4 Å². The zero-order valence-corrected chi connectivity index (χ0v) is 16.2. The van der Waals surface area contributed by atoms with Crippen molar-refractivity contribution < 1.29 is 9.53 Å². The monoisotopic (exact) mass is 437 g/mol. The van der Waals surface area contributed by atoms with Crippen molar-refractivity contribution >= 4 is 87.1 Å². The summed E-state index contributed by atoms with van der Waals surface area (Å²) in [6.45, 7) is 1.81. The lowest BCUT2D eigenvalue weighted by molar-refractivity contribution is 0.147. The van der Waals surface area contributed by atoms with Crippen LogP contribution < -0.4 is 16.0 Å². The molecule has 128 valence electrons. The second-order valence-corrected chi connectivity index (χ2v) is 7.68. The second kappa shape index (κ2) is 9.20. The van der Waals surface area contributed by atoms with Crippen molar-refractivity contribution in [2.45, 2.75) is 16.9 Å². The number of carbonyl (C=O) groups is 1. The molecule has 1 atom stereocenters. The van der Waals surface area contributed by atoms with Crippen LogP contribution in [0.4, 0.5) is 10.5 Å². The molecule has 0 fully saturated rings. The zero-order chi connectivity index (χ0) is 17.6. The van der Waals surface area contributed by atoms with Crippen LogP contribution in [0.15, 0.2) is 18.2 Å². The summed E-state index contributed by atoms with van der Waals surface area (Å²) in [5, 5.41) is 8.70. The number of hydrogen-bond donors (Lipinski definition) is 3. The van der Waals surface area contributed by atoms with Crippen LogP contribution in [-0.4, -0.2) is 27.8 Å². The first kappa shape index (κ1) is 20.7. The Kier molecular flexibility index (Phi) is 8.27. The third-order valence-electron chi connectivity index (χ3n) is 2.32. The number of alkyl carbamates (subject to hydrolysis) is 1. The van der Waals surface area contributed by atoms with E-state index in [-0.39, 0.29) is 11.7 Å². The van der Waals surface area contributed by atoms with Gasteiger partial charge in [0.15, 0.2) is 11.3 Å². The van der Waals surface area contributed by atoms with Crippen LogP contribution in [0.3, 0.4) is 0 Å². The van der Waals surface area contributed by atoms with E-state index in [0.717, 1.165) is 0 Å². The Morgan fingerprint density at radius 1 is 1.30 bits per heavy atom. The Bertz CT molecular complexity index is 582. The molecular formula is C12H12Cl5N3O2S. The Labute approximate surface area is 163 Å². The third-order valence-corrected chi connectivity index (χ3v) is 3.76. The van der Waals surface area contributed by atoms with E-state index in [1.54, 1.807) is 25.1 Å². The second-order valence-electron chi connectivity index (χ2n) is 4.06. The number of hydrogen-bond acceptors (Lipinski definition) is 3. The van der Waals surface area contributed by atoms with Gasteiger partial charge in [-0.25, -0.2) is 4.79 Å². The van der Waals surface area contributed by atoms with Gasteiger partial charge < -0.3 is 15.4 Å². The molecule has 1 rings (SSSR count). The van der Waals surface area contributed by atoms with Crippen LogP contribution in [0.25, 0.3) is 0 Å². The van der Waals surface area contributed by atoms with Gasteiger partial charge in [0.1, 0.15) is 0 Å². The molecule has 0 heterocycles. The normalized spacial score (nSPS) is 12.3. The number of carbonyl (C=O) groups excluding carboxylic acids is 1. The molecule has 0 saturated carbocycles. The van der Waals surface area contributed by atoms with Gasteiger partial charge >= 0.3 is 6.09 Å². The van der Waals surface area contributed by atoms with Gasteiger partial charge in [0, 0.05) is 5.02 Å². The van der Waals surface area contributed by atoms with Crippen molar-refractivity contribution in [2.24, 2.45) is 0 Å². The maximum Gasteiger partial charge on any atom is 0.408 e. The molecule has 1 aromatic rings. The highest BCUT2D eigenvalue weighted by atomic mass is 35.6. The van der Waals surface area contributed by atoms with E-state index in [0.29, 0.717) is 15.7 Å². The van der Waals surface area contributed by atoms with Crippen LogP contribution in [0.5, 0.6) is 0 Å².